The van der Waals surface area contributed by atoms with E-state index in [9.17, 15) is 5.26 Å². The van der Waals surface area contributed by atoms with E-state index in [4.69, 9.17) is 4.74 Å². The third-order valence-corrected chi connectivity index (χ3v) is 4.56. The smallest absolute Gasteiger partial charge is 0.218 e. The van der Waals surface area contributed by atoms with Crippen LogP contribution < -0.4 is 4.74 Å². The van der Waals surface area contributed by atoms with Crippen LogP contribution in [0, 0.1) is 14.9 Å². The molecule has 4 rings (SSSR count). The van der Waals surface area contributed by atoms with Crippen molar-refractivity contribution in [1.82, 2.24) is 19.6 Å². The second-order valence-electron chi connectivity index (χ2n) is 5.86. The van der Waals surface area contributed by atoms with E-state index >= 15 is 0 Å². The van der Waals surface area contributed by atoms with Crippen LogP contribution in [0.4, 0.5) is 0 Å². The number of nitrogens with zero attached hydrogens (tertiary/aromatic N) is 5. The van der Waals surface area contributed by atoms with Gasteiger partial charge in [0, 0.05) is 30.9 Å². The third-order valence-electron chi connectivity index (χ3n) is 4.01. The molecule has 0 atom stereocenters. The van der Waals surface area contributed by atoms with Crippen LogP contribution in [0.25, 0.3) is 16.9 Å². The molecule has 0 unspecified atom stereocenters. The predicted molar refractivity (Wildman–Crippen MR) is 110 cm³/mol. The highest BCUT2D eigenvalue weighted by Crippen LogP contribution is 2.31. The first-order chi connectivity index (χ1) is 13.1. The zero-order valence-electron chi connectivity index (χ0n) is 14.4. The Morgan fingerprint density at radius 1 is 1.11 bits per heavy atom. The standard InChI is InChI=1S/C20H14IN5O/c1-25-20(10-17(24-25)15-5-3-2-4-6-15)27-19-9-14(11-22)7-8-18(19)26-13-16(21)12-23-26/h2-10,12-13H,1H3. The summed E-state index contributed by atoms with van der Waals surface area (Å²) < 4.78 is 10.6. The van der Waals surface area contributed by atoms with Crippen LogP contribution in [0.2, 0.25) is 0 Å². The van der Waals surface area contributed by atoms with Crippen molar-refractivity contribution in [2.45, 2.75) is 0 Å². The van der Waals surface area contributed by atoms with Gasteiger partial charge in [0.1, 0.15) is 5.69 Å². The molecule has 4 aromatic rings. The van der Waals surface area contributed by atoms with E-state index in [-0.39, 0.29) is 0 Å². The Labute approximate surface area is 169 Å². The van der Waals surface area contributed by atoms with E-state index in [1.54, 1.807) is 27.7 Å². The van der Waals surface area contributed by atoms with Crippen molar-refractivity contribution >= 4 is 22.6 Å². The Morgan fingerprint density at radius 2 is 1.93 bits per heavy atom. The minimum absolute atomic E-state index is 0.515. The lowest BCUT2D eigenvalue weighted by atomic mass is 10.2. The highest BCUT2D eigenvalue weighted by atomic mass is 127. The van der Waals surface area contributed by atoms with Crippen LogP contribution in [0.5, 0.6) is 11.6 Å². The molecule has 0 saturated carbocycles. The number of aromatic nitrogens is 4. The van der Waals surface area contributed by atoms with Gasteiger partial charge in [-0.2, -0.15) is 15.5 Å². The van der Waals surface area contributed by atoms with Crippen LogP contribution in [0.1, 0.15) is 5.56 Å². The van der Waals surface area contributed by atoms with Crippen molar-refractivity contribution in [1.29, 1.82) is 5.26 Å². The molecule has 0 aliphatic carbocycles. The number of hydrogen-bond acceptors (Lipinski definition) is 4. The summed E-state index contributed by atoms with van der Waals surface area (Å²) in [5.41, 5.74) is 3.09. The topological polar surface area (TPSA) is 68.7 Å². The molecule has 0 saturated heterocycles. The van der Waals surface area contributed by atoms with Gasteiger partial charge in [0.25, 0.3) is 0 Å². The maximum atomic E-state index is 9.25. The van der Waals surface area contributed by atoms with Gasteiger partial charge in [-0.1, -0.05) is 30.3 Å². The number of rotatable bonds is 4. The first-order valence-corrected chi connectivity index (χ1v) is 9.24. The van der Waals surface area contributed by atoms with Gasteiger partial charge in [-0.05, 0) is 34.7 Å². The lowest BCUT2D eigenvalue weighted by Gasteiger charge is -2.11. The number of hydrogen-bond donors (Lipinski definition) is 0. The summed E-state index contributed by atoms with van der Waals surface area (Å²) in [6.45, 7) is 0. The molecule has 0 aliphatic rings. The fourth-order valence-electron chi connectivity index (χ4n) is 2.70. The van der Waals surface area contributed by atoms with E-state index < -0.39 is 0 Å². The van der Waals surface area contributed by atoms with E-state index in [0.717, 1.165) is 20.5 Å². The SMILES string of the molecule is Cn1nc(-c2ccccc2)cc1Oc1cc(C#N)ccc1-n1cc(I)cn1. The van der Waals surface area contributed by atoms with E-state index in [1.165, 1.54) is 0 Å². The number of ether oxygens (including phenoxy) is 1. The summed E-state index contributed by atoms with van der Waals surface area (Å²) in [7, 11) is 1.83. The second kappa shape index (κ2) is 7.25. The number of nitriles is 1. The van der Waals surface area contributed by atoms with Gasteiger partial charge in [0.2, 0.25) is 5.88 Å². The molecule has 2 aromatic carbocycles. The Bertz CT molecular complexity index is 1140. The van der Waals surface area contributed by atoms with E-state index in [1.807, 2.05) is 55.7 Å². The maximum Gasteiger partial charge on any atom is 0.218 e. The van der Waals surface area contributed by atoms with Crippen molar-refractivity contribution in [3.63, 3.8) is 0 Å². The van der Waals surface area contributed by atoms with Gasteiger partial charge in [-0.15, -0.1) is 0 Å². The summed E-state index contributed by atoms with van der Waals surface area (Å²) in [5, 5.41) is 18.1. The molecule has 7 heteroatoms. The van der Waals surface area contributed by atoms with Crippen molar-refractivity contribution < 1.29 is 4.74 Å². The van der Waals surface area contributed by atoms with E-state index in [0.29, 0.717) is 17.2 Å². The number of halogens is 1. The Morgan fingerprint density at radius 3 is 2.63 bits per heavy atom. The van der Waals surface area contributed by atoms with Crippen molar-refractivity contribution in [2.75, 3.05) is 0 Å². The minimum atomic E-state index is 0.515. The molecule has 6 nitrogen and oxygen atoms in total. The molecule has 2 heterocycles. The average Bonchev–Trinajstić information content (AvgIpc) is 3.28. The molecule has 132 valence electrons. The molecule has 0 amide bonds. The normalized spacial score (nSPS) is 10.6. The summed E-state index contributed by atoms with van der Waals surface area (Å²) >= 11 is 2.20. The first-order valence-electron chi connectivity index (χ1n) is 8.16. The van der Waals surface area contributed by atoms with Gasteiger partial charge in [-0.25, -0.2) is 9.36 Å². The van der Waals surface area contributed by atoms with Crippen LogP contribution in [0.3, 0.4) is 0 Å². The molecule has 0 radical (unpaired) electrons. The molecule has 2 aromatic heterocycles. The van der Waals surface area contributed by atoms with Crippen LogP contribution in [-0.2, 0) is 7.05 Å². The molecule has 0 aliphatic heterocycles. The molecular weight excluding hydrogens is 453 g/mol. The zero-order chi connectivity index (χ0) is 18.8. The van der Waals surface area contributed by atoms with E-state index in [2.05, 4.69) is 38.9 Å². The van der Waals surface area contributed by atoms with Crippen molar-refractivity contribution in [2.24, 2.45) is 7.05 Å². The average molecular weight is 467 g/mol. The highest BCUT2D eigenvalue weighted by molar-refractivity contribution is 14.1. The molecule has 0 fully saturated rings. The maximum absolute atomic E-state index is 9.25. The Kier molecular flexibility index (Phi) is 4.64. The van der Waals surface area contributed by atoms with Crippen LogP contribution >= 0.6 is 22.6 Å². The summed E-state index contributed by atoms with van der Waals surface area (Å²) in [6, 6.07) is 19.2. The van der Waals surface area contributed by atoms with Gasteiger partial charge < -0.3 is 4.74 Å². The first kappa shape index (κ1) is 17.3. The minimum Gasteiger partial charge on any atom is -0.437 e. The summed E-state index contributed by atoms with van der Waals surface area (Å²) in [4.78, 5) is 0. The predicted octanol–water partition coefficient (Wildman–Crippen LogP) is 4.54. The largest absolute Gasteiger partial charge is 0.437 e. The third kappa shape index (κ3) is 3.57. The zero-order valence-corrected chi connectivity index (χ0v) is 16.5. The van der Waals surface area contributed by atoms with Crippen LogP contribution in [0.15, 0.2) is 67.0 Å². The summed E-state index contributed by atoms with van der Waals surface area (Å²) in [5.74, 6) is 1.11. The lowest BCUT2D eigenvalue weighted by Crippen LogP contribution is -2.01. The number of benzene rings is 2. The molecule has 0 spiro atoms. The molecule has 0 N–H and O–H groups in total. The van der Waals surface area contributed by atoms with Gasteiger partial charge in [-0.3, -0.25) is 0 Å². The highest BCUT2D eigenvalue weighted by Gasteiger charge is 2.14. The van der Waals surface area contributed by atoms with Gasteiger partial charge >= 0.3 is 0 Å². The van der Waals surface area contributed by atoms with Crippen molar-refractivity contribution in [3.8, 4) is 34.6 Å². The summed E-state index contributed by atoms with van der Waals surface area (Å²) in [6.07, 6.45) is 3.66. The Hall–Kier alpha value is -3.12. The fraction of sp³-hybridized carbons (Fsp3) is 0.0500. The monoisotopic (exact) mass is 467 g/mol. The molecule has 27 heavy (non-hydrogen) atoms. The number of aryl methyl sites for hydroxylation is 1. The molecule has 0 bridgehead atoms. The Balaban J connectivity index is 1.74. The van der Waals surface area contributed by atoms with Crippen molar-refractivity contribution in [3.05, 3.63) is 76.1 Å². The molecular formula is C20H14IN5O. The second-order valence-corrected chi connectivity index (χ2v) is 7.10. The van der Waals surface area contributed by atoms with Crippen LogP contribution in [-0.4, -0.2) is 19.6 Å². The quantitative estimate of drug-likeness (QED) is 0.414. The van der Waals surface area contributed by atoms with Gasteiger partial charge in [0.15, 0.2) is 5.75 Å². The lowest BCUT2D eigenvalue weighted by molar-refractivity contribution is 0.428. The van der Waals surface area contributed by atoms with Gasteiger partial charge in [0.05, 0.1) is 27.1 Å². The fourth-order valence-corrected chi connectivity index (χ4v) is 3.08.